The Balaban J connectivity index is 2.13. The fourth-order valence-electron chi connectivity index (χ4n) is 4.18. The number of benzene rings is 2. The molecule has 0 radical (unpaired) electrons. The zero-order valence-electron chi connectivity index (χ0n) is 16.2. The third kappa shape index (κ3) is 2.95. The molecule has 1 unspecified atom stereocenters. The number of aryl methyl sites for hydroxylation is 1. The average molecular weight is 372 g/mol. The van der Waals surface area contributed by atoms with Gasteiger partial charge in [0.05, 0.1) is 17.3 Å². The van der Waals surface area contributed by atoms with E-state index < -0.39 is 5.97 Å². The van der Waals surface area contributed by atoms with E-state index in [2.05, 4.69) is 59.8 Å². The Hall–Kier alpha value is -3.14. The lowest BCUT2D eigenvalue weighted by atomic mass is 10.0. The molecule has 0 aliphatic rings. The average Bonchev–Trinajstić information content (AvgIpc) is 3.05. The van der Waals surface area contributed by atoms with Gasteiger partial charge in [-0.15, -0.1) is 0 Å². The first-order valence-corrected chi connectivity index (χ1v) is 9.86. The Morgan fingerprint density at radius 1 is 1.04 bits per heavy atom. The van der Waals surface area contributed by atoms with Crippen molar-refractivity contribution in [3.8, 4) is 0 Å². The van der Waals surface area contributed by atoms with Gasteiger partial charge in [-0.05, 0) is 30.5 Å². The Bertz CT molecular complexity index is 1150. The summed E-state index contributed by atoms with van der Waals surface area (Å²) >= 11 is 0. The fraction of sp³-hybridized carbons (Fsp3) is 0.250. The van der Waals surface area contributed by atoms with Gasteiger partial charge >= 0.3 is 5.97 Å². The molecule has 142 valence electrons. The first kappa shape index (κ1) is 18.2. The molecule has 28 heavy (non-hydrogen) atoms. The van der Waals surface area contributed by atoms with Crippen LogP contribution in [0.15, 0.2) is 60.7 Å². The summed E-state index contributed by atoms with van der Waals surface area (Å²) in [5, 5.41) is 11.6. The summed E-state index contributed by atoms with van der Waals surface area (Å²) in [5.74, 6) is -0.980. The predicted octanol–water partition coefficient (Wildman–Crippen LogP) is 5.84. The van der Waals surface area contributed by atoms with Gasteiger partial charge in [-0.25, -0.2) is 9.78 Å². The lowest BCUT2D eigenvalue weighted by molar-refractivity contribution is 0.0690. The van der Waals surface area contributed by atoms with Gasteiger partial charge in [0.1, 0.15) is 5.69 Å². The molecule has 0 spiro atoms. The molecule has 4 aromatic rings. The van der Waals surface area contributed by atoms with Gasteiger partial charge in [0, 0.05) is 16.3 Å². The third-order valence-electron chi connectivity index (χ3n) is 5.35. The highest BCUT2D eigenvalue weighted by Gasteiger charge is 2.23. The second-order valence-electron chi connectivity index (χ2n) is 7.13. The molecule has 2 aromatic heterocycles. The summed E-state index contributed by atoms with van der Waals surface area (Å²) in [6, 6.07) is 20.6. The maximum absolute atomic E-state index is 11.7. The van der Waals surface area contributed by atoms with Gasteiger partial charge in [0.25, 0.3) is 0 Å². The topological polar surface area (TPSA) is 55.1 Å². The van der Waals surface area contributed by atoms with Crippen LogP contribution in [-0.4, -0.2) is 20.6 Å². The maximum atomic E-state index is 11.7. The third-order valence-corrected chi connectivity index (χ3v) is 5.35. The van der Waals surface area contributed by atoms with Crippen LogP contribution in [0.1, 0.15) is 54.5 Å². The van der Waals surface area contributed by atoms with E-state index in [0.29, 0.717) is 0 Å². The van der Waals surface area contributed by atoms with Gasteiger partial charge in [-0.3, -0.25) is 0 Å². The molecular weight excluding hydrogens is 348 g/mol. The standard InChI is InChI=1S/C24H24N2O2/c1-3-10-19-23-18(15-20(25-19)24(27)28)17-13-8-9-14-22(17)26(23)21(4-2)16-11-6-5-7-12-16/h5-9,11-15,21H,3-4,10H2,1-2H3,(H,27,28). The number of rotatable bonds is 6. The van der Waals surface area contributed by atoms with E-state index in [0.717, 1.165) is 46.8 Å². The Morgan fingerprint density at radius 3 is 2.43 bits per heavy atom. The first-order valence-electron chi connectivity index (χ1n) is 9.86. The molecular formula is C24H24N2O2. The van der Waals surface area contributed by atoms with Gasteiger partial charge in [-0.1, -0.05) is 68.8 Å². The number of para-hydroxylation sites is 1. The second kappa shape index (κ2) is 7.47. The predicted molar refractivity (Wildman–Crippen MR) is 113 cm³/mol. The lowest BCUT2D eigenvalue weighted by Gasteiger charge is -2.21. The van der Waals surface area contributed by atoms with Crippen molar-refractivity contribution in [1.29, 1.82) is 0 Å². The van der Waals surface area contributed by atoms with Gasteiger partial charge in [0.2, 0.25) is 0 Å². The summed E-state index contributed by atoms with van der Waals surface area (Å²) in [4.78, 5) is 16.2. The molecule has 2 heterocycles. The van der Waals surface area contributed by atoms with Crippen molar-refractivity contribution in [2.45, 2.75) is 39.2 Å². The van der Waals surface area contributed by atoms with Crippen LogP contribution < -0.4 is 0 Å². The van der Waals surface area contributed by atoms with Crippen LogP contribution in [0.5, 0.6) is 0 Å². The van der Waals surface area contributed by atoms with E-state index >= 15 is 0 Å². The van der Waals surface area contributed by atoms with E-state index in [-0.39, 0.29) is 11.7 Å². The number of aromatic carboxylic acids is 1. The smallest absolute Gasteiger partial charge is 0.354 e. The number of hydrogen-bond acceptors (Lipinski definition) is 2. The molecule has 0 bridgehead atoms. The fourth-order valence-corrected chi connectivity index (χ4v) is 4.18. The zero-order valence-corrected chi connectivity index (χ0v) is 16.2. The molecule has 0 aliphatic carbocycles. The highest BCUT2D eigenvalue weighted by molar-refractivity contribution is 6.10. The van der Waals surface area contributed by atoms with Crippen molar-refractivity contribution in [1.82, 2.24) is 9.55 Å². The van der Waals surface area contributed by atoms with Crippen LogP contribution >= 0.6 is 0 Å². The van der Waals surface area contributed by atoms with Crippen molar-refractivity contribution < 1.29 is 9.90 Å². The van der Waals surface area contributed by atoms with E-state index in [4.69, 9.17) is 0 Å². The van der Waals surface area contributed by atoms with E-state index in [1.165, 1.54) is 5.56 Å². The van der Waals surface area contributed by atoms with E-state index in [9.17, 15) is 9.90 Å². The van der Waals surface area contributed by atoms with Gasteiger partial charge in [-0.2, -0.15) is 0 Å². The molecule has 0 amide bonds. The summed E-state index contributed by atoms with van der Waals surface area (Å²) in [7, 11) is 0. The van der Waals surface area contributed by atoms with E-state index in [1.54, 1.807) is 6.07 Å². The normalized spacial score (nSPS) is 12.5. The molecule has 1 atom stereocenters. The Morgan fingerprint density at radius 2 is 1.75 bits per heavy atom. The molecule has 0 fully saturated rings. The van der Waals surface area contributed by atoms with Crippen LogP contribution in [0.3, 0.4) is 0 Å². The summed E-state index contributed by atoms with van der Waals surface area (Å²) < 4.78 is 2.36. The number of hydrogen-bond donors (Lipinski definition) is 1. The molecule has 4 heteroatoms. The van der Waals surface area contributed by atoms with Crippen molar-refractivity contribution in [3.63, 3.8) is 0 Å². The van der Waals surface area contributed by atoms with Crippen LogP contribution in [0.4, 0.5) is 0 Å². The van der Waals surface area contributed by atoms with Crippen molar-refractivity contribution in [3.05, 3.63) is 77.6 Å². The molecule has 2 aromatic carbocycles. The molecule has 1 N–H and O–H groups in total. The molecule has 4 nitrogen and oxygen atoms in total. The summed E-state index contributed by atoms with van der Waals surface area (Å²) in [6.45, 7) is 4.29. The minimum atomic E-state index is -0.980. The highest BCUT2D eigenvalue weighted by Crippen LogP contribution is 2.37. The number of fused-ring (bicyclic) bond motifs is 3. The Kier molecular flexibility index (Phi) is 4.86. The van der Waals surface area contributed by atoms with Crippen LogP contribution in [0, 0.1) is 0 Å². The van der Waals surface area contributed by atoms with Gasteiger partial charge < -0.3 is 9.67 Å². The molecule has 0 saturated heterocycles. The molecule has 0 aliphatic heterocycles. The van der Waals surface area contributed by atoms with Crippen molar-refractivity contribution in [2.75, 3.05) is 0 Å². The SMILES string of the molecule is CCCc1nc(C(=O)O)cc2c3ccccc3n(C(CC)c3ccccc3)c12. The second-order valence-corrected chi connectivity index (χ2v) is 7.13. The minimum absolute atomic E-state index is 0.117. The number of carboxylic acids is 1. The number of carbonyl (C=O) groups is 1. The largest absolute Gasteiger partial charge is 0.477 e. The molecule has 0 saturated carbocycles. The number of pyridine rings is 1. The zero-order chi connectivity index (χ0) is 19.7. The van der Waals surface area contributed by atoms with Crippen molar-refractivity contribution >= 4 is 27.8 Å². The first-order chi connectivity index (χ1) is 13.7. The Labute approximate surface area is 164 Å². The minimum Gasteiger partial charge on any atom is -0.477 e. The van der Waals surface area contributed by atoms with Gasteiger partial charge in [0.15, 0.2) is 0 Å². The molecule has 4 rings (SSSR count). The van der Waals surface area contributed by atoms with Crippen LogP contribution in [-0.2, 0) is 6.42 Å². The monoisotopic (exact) mass is 372 g/mol. The number of nitrogens with zero attached hydrogens (tertiary/aromatic N) is 2. The number of aromatic nitrogens is 2. The maximum Gasteiger partial charge on any atom is 0.354 e. The summed E-state index contributed by atoms with van der Waals surface area (Å²) in [5.41, 5.74) is 4.41. The highest BCUT2D eigenvalue weighted by atomic mass is 16.4. The van der Waals surface area contributed by atoms with E-state index in [1.807, 2.05) is 18.2 Å². The van der Waals surface area contributed by atoms with Crippen LogP contribution in [0.25, 0.3) is 21.8 Å². The summed E-state index contributed by atoms with van der Waals surface area (Å²) in [6.07, 6.45) is 2.60. The van der Waals surface area contributed by atoms with Crippen molar-refractivity contribution in [2.24, 2.45) is 0 Å². The quantitative estimate of drug-likeness (QED) is 0.462. The van der Waals surface area contributed by atoms with Crippen LogP contribution in [0.2, 0.25) is 0 Å². The number of carboxylic acid groups (broad SMARTS) is 1. The lowest BCUT2D eigenvalue weighted by Crippen LogP contribution is -2.12.